The number of benzene rings is 1. The van der Waals surface area contributed by atoms with Crippen molar-refractivity contribution in [3.8, 4) is 12.3 Å². The minimum Gasteiger partial charge on any atom is -0.344 e. The summed E-state index contributed by atoms with van der Waals surface area (Å²) >= 11 is 0. The second-order valence-electron chi connectivity index (χ2n) is 5.19. The van der Waals surface area contributed by atoms with Gasteiger partial charge in [0.05, 0.1) is 0 Å². The van der Waals surface area contributed by atoms with Gasteiger partial charge in [-0.15, -0.1) is 12.3 Å². The van der Waals surface area contributed by atoms with Crippen molar-refractivity contribution in [2.24, 2.45) is 0 Å². The van der Waals surface area contributed by atoms with E-state index in [2.05, 4.69) is 11.2 Å². The summed E-state index contributed by atoms with van der Waals surface area (Å²) in [6.07, 6.45) is 7.54. The summed E-state index contributed by atoms with van der Waals surface area (Å²) < 4.78 is 0. The smallest absolute Gasteiger partial charge is 0.245 e. The molecule has 2 rings (SSSR count). The predicted molar refractivity (Wildman–Crippen MR) is 81.3 cm³/mol. The second kappa shape index (κ2) is 7.49. The highest BCUT2D eigenvalue weighted by Gasteiger charge is 2.29. The van der Waals surface area contributed by atoms with Crippen molar-refractivity contribution in [3.63, 3.8) is 0 Å². The maximum Gasteiger partial charge on any atom is 0.245 e. The number of carbonyl (C=O) groups is 2. The standard InChI is InChI=1S/C17H20N2O2/c1-2-3-7-11-19-12-10-16(20)18-15(17(19)21)13-14-8-5-4-6-9-14/h1,4-6,8-9,15H,3,7,10-13H2,(H,18,20). The molecule has 0 aromatic heterocycles. The maximum atomic E-state index is 12.5. The highest BCUT2D eigenvalue weighted by molar-refractivity contribution is 5.90. The van der Waals surface area contributed by atoms with Crippen LogP contribution in [0.25, 0.3) is 0 Å². The summed E-state index contributed by atoms with van der Waals surface area (Å²) in [7, 11) is 0. The van der Waals surface area contributed by atoms with Crippen LogP contribution in [0.15, 0.2) is 30.3 Å². The number of carbonyl (C=O) groups excluding carboxylic acids is 2. The number of hydrogen-bond donors (Lipinski definition) is 1. The van der Waals surface area contributed by atoms with E-state index in [1.54, 1.807) is 4.90 Å². The Hall–Kier alpha value is -2.28. The fourth-order valence-electron chi connectivity index (χ4n) is 2.48. The van der Waals surface area contributed by atoms with E-state index in [1.165, 1.54) is 0 Å². The third-order valence-electron chi connectivity index (χ3n) is 3.59. The average Bonchev–Trinajstić information content (AvgIpc) is 2.62. The van der Waals surface area contributed by atoms with Crippen LogP contribution >= 0.6 is 0 Å². The molecule has 0 saturated carbocycles. The zero-order valence-electron chi connectivity index (χ0n) is 12.0. The summed E-state index contributed by atoms with van der Waals surface area (Å²) in [5.41, 5.74) is 1.04. The van der Waals surface area contributed by atoms with Crippen molar-refractivity contribution >= 4 is 11.8 Å². The van der Waals surface area contributed by atoms with Crippen LogP contribution in [-0.4, -0.2) is 35.8 Å². The zero-order valence-corrected chi connectivity index (χ0v) is 12.0. The molecule has 0 bridgehead atoms. The minimum absolute atomic E-state index is 0.0123. The first kappa shape index (κ1) is 15.1. The van der Waals surface area contributed by atoms with Crippen LogP contribution in [0.5, 0.6) is 0 Å². The fourth-order valence-corrected chi connectivity index (χ4v) is 2.48. The Balaban J connectivity index is 2.05. The summed E-state index contributed by atoms with van der Waals surface area (Å²) in [4.78, 5) is 26.1. The Morgan fingerprint density at radius 1 is 1.29 bits per heavy atom. The first-order valence-corrected chi connectivity index (χ1v) is 7.26. The Morgan fingerprint density at radius 2 is 2.05 bits per heavy atom. The molecular weight excluding hydrogens is 264 g/mol. The minimum atomic E-state index is -0.478. The second-order valence-corrected chi connectivity index (χ2v) is 5.19. The Morgan fingerprint density at radius 3 is 2.76 bits per heavy atom. The molecule has 1 saturated heterocycles. The molecule has 1 aromatic rings. The van der Waals surface area contributed by atoms with Crippen molar-refractivity contribution in [3.05, 3.63) is 35.9 Å². The summed E-state index contributed by atoms with van der Waals surface area (Å²) in [6, 6.07) is 9.25. The van der Waals surface area contributed by atoms with E-state index in [4.69, 9.17) is 6.42 Å². The summed E-state index contributed by atoms with van der Waals surface area (Å²) in [6.45, 7) is 1.09. The molecule has 1 fully saturated rings. The van der Waals surface area contributed by atoms with E-state index >= 15 is 0 Å². The molecule has 1 aliphatic heterocycles. The zero-order chi connectivity index (χ0) is 15.1. The van der Waals surface area contributed by atoms with Gasteiger partial charge in [0.25, 0.3) is 0 Å². The third kappa shape index (κ3) is 4.35. The van der Waals surface area contributed by atoms with E-state index in [0.717, 1.165) is 12.0 Å². The monoisotopic (exact) mass is 284 g/mol. The lowest BCUT2D eigenvalue weighted by Gasteiger charge is -2.23. The lowest BCUT2D eigenvalue weighted by atomic mass is 10.0. The van der Waals surface area contributed by atoms with Crippen LogP contribution in [0, 0.1) is 12.3 Å². The summed E-state index contributed by atoms with van der Waals surface area (Å²) in [5.74, 6) is 2.50. The number of unbranched alkanes of at least 4 members (excludes halogenated alkanes) is 1. The number of nitrogens with zero attached hydrogens (tertiary/aromatic N) is 1. The number of amides is 2. The van der Waals surface area contributed by atoms with Gasteiger partial charge < -0.3 is 10.2 Å². The molecule has 1 N–H and O–H groups in total. The van der Waals surface area contributed by atoms with Crippen LogP contribution in [-0.2, 0) is 16.0 Å². The predicted octanol–water partition coefficient (Wildman–Crippen LogP) is 1.36. The van der Waals surface area contributed by atoms with Gasteiger partial charge in [-0.25, -0.2) is 0 Å². The highest BCUT2D eigenvalue weighted by atomic mass is 16.2. The average molecular weight is 284 g/mol. The van der Waals surface area contributed by atoms with Crippen molar-refractivity contribution < 1.29 is 9.59 Å². The van der Waals surface area contributed by atoms with E-state index < -0.39 is 6.04 Å². The van der Waals surface area contributed by atoms with Crippen molar-refractivity contribution in [2.45, 2.75) is 31.7 Å². The molecule has 0 spiro atoms. The van der Waals surface area contributed by atoms with Gasteiger partial charge >= 0.3 is 0 Å². The first-order chi connectivity index (χ1) is 10.2. The lowest BCUT2D eigenvalue weighted by molar-refractivity contribution is -0.133. The van der Waals surface area contributed by atoms with Crippen LogP contribution in [0.3, 0.4) is 0 Å². The fraction of sp³-hybridized carbons (Fsp3) is 0.412. The normalized spacial score (nSPS) is 18.8. The SMILES string of the molecule is C#CCCCN1CCC(=O)NC(Cc2ccccc2)C1=O. The van der Waals surface area contributed by atoms with Gasteiger partial charge in [0.15, 0.2) is 0 Å². The Bertz CT molecular complexity index is 533. The van der Waals surface area contributed by atoms with Gasteiger partial charge in [0.2, 0.25) is 11.8 Å². The number of rotatable bonds is 5. The van der Waals surface area contributed by atoms with Crippen molar-refractivity contribution in [2.75, 3.05) is 13.1 Å². The number of nitrogens with one attached hydrogen (secondary N) is 1. The van der Waals surface area contributed by atoms with Gasteiger partial charge in [-0.1, -0.05) is 30.3 Å². The lowest BCUT2D eigenvalue weighted by Crippen LogP contribution is -2.46. The van der Waals surface area contributed by atoms with Crippen LogP contribution in [0.4, 0.5) is 0 Å². The molecule has 0 radical (unpaired) electrons. The van der Waals surface area contributed by atoms with Crippen molar-refractivity contribution in [1.29, 1.82) is 0 Å². The van der Waals surface area contributed by atoms with Crippen LogP contribution in [0.1, 0.15) is 24.8 Å². The first-order valence-electron chi connectivity index (χ1n) is 7.26. The van der Waals surface area contributed by atoms with Gasteiger partial charge in [-0.3, -0.25) is 9.59 Å². The largest absolute Gasteiger partial charge is 0.344 e. The molecule has 4 nitrogen and oxygen atoms in total. The van der Waals surface area contributed by atoms with Crippen molar-refractivity contribution in [1.82, 2.24) is 10.2 Å². The molecule has 2 amide bonds. The molecule has 1 atom stereocenters. The van der Waals surface area contributed by atoms with Crippen LogP contribution < -0.4 is 5.32 Å². The molecule has 1 aromatic carbocycles. The molecule has 1 aliphatic rings. The molecule has 0 aliphatic carbocycles. The number of terminal acetylenes is 1. The summed E-state index contributed by atoms with van der Waals surface area (Å²) in [5, 5.41) is 2.83. The maximum absolute atomic E-state index is 12.5. The third-order valence-corrected chi connectivity index (χ3v) is 3.59. The topological polar surface area (TPSA) is 49.4 Å². The van der Waals surface area contributed by atoms with E-state index in [9.17, 15) is 9.59 Å². The molecular formula is C17H20N2O2. The highest BCUT2D eigenvalue weighted by Crippen LogP contribution is 2.10. The van der Waals surface area contributed by atoms with E-state index in [-0.39, 0.29) is 11.8 Å². The molecule has 21 heavy (non-hydrogen) atoms. The Kier molecular flexibility index (Phi) is 5.39. The van der Waals surface area contributed by atoms with Gasteiger partial charge in [-0.2, -0.15) is 0 Å². The quantitative estimate of drug-likeness (QED) is 0.655. The number of hydrogen-bond acceptors (Lipinski definition) is 2. The van der Waals surface area contributed by atoms with E-state index in [1.807, 2.05) is 30.3 Å². The molecule has 1 heterocycles. The molecule has 1 unspecified atom stereocenters. The molecule has 110 valence electrons. The van der Waals surface area contributed by atoms with Gasteiger partial charge in [0.1, 0.15) is 6.04 Å². The van der Waals surface area contributed by atoms with Gasteiger partial charge in [0, 0.05) is 32.4 Å². The van der Waals surface area contributed by atoms with Gasteiger partial charge in [-0.05, 0) is 12.0 Å². The Labute approximate surface area is 125 Å². The van der Waals surface area contributed by atoms with E-state index in [0.29, 0.717) is 32.4 Å². The van der Waals surface area contributed by atoms with Crippen LogP contribution in [0.2, 0.25) is 0 Å². The molecule has 4 heteroatoms.